The maximum Gasteiger partial charge on any atom is 0.243 e. The summed E-state index contributed by atoms with van der Waals surface area (Å²) in [5.41, 5.74) is 1.81. The summed E-state index contributed by atoms with van der Waals surface area (Å²) >= 11 is 0. The Kier molecular flexibility index (Phi) is 5.11. The molecule has 2 heterocycles. The van der Waals surface area contributed by atoms with E-state index >= 15 is 0 Å². The third-order valence-electron chi connectivity index (χ3n) is 4.88. The van der Waals surface area contributed by atoms with Gasteiger partial charge in [0.25, 0.3) is 0 Å². The van der Waals surface area contributed by atoms with E-state index in [-0.39, 0.29) is 6.04 Å². The van der Waals surface area contributed by atoms with Crippen LogP contribution in [0.4, 0.5) is 0 Å². The number of fused-ring (bicyclic) bond motifs is 1. The van der Waals surface area contributed by atoms with Crippen LogP contribution in [0, 0.1) is 0 Å². The van der Waals surface area contributed by atoms with Gasteiger partial charge in [-0.3, -0.25) is 0 Å². The van der Waals surface area contributed by atoms with E-state index in [1.165, 1.54) is 0 Å². The zero-order valence-corrected chi connectivity index (χ0v) is 15.7. The molecule has 0 bridgehead atoms. The van der Waals surface area contributed by atoms with E-state index in [0.717, 1.165) is 16.9 Å². The Morgan fingerprint density at radius 2 is 1.78 bits per heavy atom. The highest BCUT2D eigenvalue weighted by molar-refractivity contribution is 7.89. The number of sulfonamides is 1. The first-order valence-electron chi connectivity index (χ1n) is 9.03. The summed E-state index contributed by atoms with van der Waals surface area (Å²) in [6.45, 7) is 1.40. The molecule has 1 aliphatic rings. The Bertz CT molecular complexity index is 985. The van der Waals surface area contributed by atoms with Crippen LogP contribution in [0.15, 0.2) is 82.3 Å². The monoisotopic (exact) mass is 382 g/mol. The molecule has 0 saturated heterocycles. The minimum Gasteiger partial charge on any atom is -0.468 e. The fourth-order valence-corrected chi connectivity index (χ4v) is 5.19. The second-order valence-corrected chi connectivity index (χ2v) is 8.57. The summed E-state index contributed by atoms with van der Waals surface area (Å²) in [6.07, 6.45) is 2.34. The molecule has 0 fully saturated rings. The van der Waals surface area contributed by atoms with E-state index in [4.69, 9.17) is 4.42 Å². The van der Waals surface area contributed by atoms with Gasteiger partial charge in [-0.25, -0.2) is 8.42 Å². The second-order valence-electron chi connectivity index (χ2n) is 6.66. The summed E-state index contributed by atoms with van der Waals surface area (Å²) in [6, 6.07) is 20.7. The van der Waals surface area contributed by atoms with Crippen molar-refractivity contribution in [3.05, 3.63) is 89.9 Å². The van der Waals surface area contributed by atoms with Gasteiger partial charge in [0, 0.05) is 19.1 Å². The predicted molar refractivity (Wildman–Crippen MR) is 103 cm³/mol. The Balaban J connectivity index is 1.63. The molecule has 0 radical (unpaired) electrons. The van der Waals surface area contributed by atoms with Crippen molar-refractivity contribution in [2.75, 3.05) is 6.54 Å². The molecule has 1 aliphatic heterocycles. The van der Waals surface area contributed by atoms with Crippen LogP contribution in [-0.4, -0.2) is 19.3 Å². The molecule has 0 aliphatic carbocycles. The molecule has 1 aromatic heterocycles. The van der Waals surface area contributed by atoms with Gasteiger partial charge >= 0.3 is 0 Å². The number of furan rings is 1. The van der Waals surface area contributed by atoms with Gasteiger partial charge in [-0.1, -0.05) is 48.5 Å². The molecule has 3 aromatic rings. The molecule has 140 valence electrons. The van der Waals surface area contributed by atoms with E-state index in [2.05, 4.69) is 5.32 Å². The fourth-order valence-electron chi connectivity index (χ4n) is 3.49. The van der Waals surface area contributed by atoms with Crippen LogP contribution in [0.25, 0.3) is 0 Å². The Morgan fingerprint density at radius 3 is 2.56 bits per heavy atom. The third-order valence-corrected chi connectivity index (χ3v) is 6.80. The largest absolute Gasteiger partial charge is 0.468 e. The molecule has 4 rings (SSSR count). The van der Waals surface area contributed by atoms with Gasteiger partial charge in [0.2, 0.25) is 10.0 Å². The average Bonchev–Trinajstić information content (AvgIpc) is 3.18. The highest BCUT2D eigenvalue weighted by Gasteiger charge is 2.33. The second kappa shape index (κ2) is 7.68. The topological polar surface area (TPSA) is 62.6 Å². The van der Waals surface area contributed by atoms with Crippen LogP contribution in [0.2, 0.25) is 0 Å². The van der Waals surface area contributed by atoms with Gasteiger partial charge < -0.3 is 9.73 Å². The SMILES string of the molecule is O=S1(=O)c2ccccc2[C@@H](NCc2ccco2)CCN1Cc1ccccc1. The number of nitrogens with zero attached hydrogens (tertiary/aromatic N) is 1. The molecule has 0 saturated carbocycles. The maximum absolute atomic E-state index is 13.3. The van der Waals surface area contributed by atoms with Crippen LogP contribution in [0.5, 0.6) is 0 Å². The first-order valence-corrected chi connectivity index (χ1v) is 10.5. The number of hydrogen-bond donors (Lipinski definition) is 1. The van der Waals surface area contributed by atoms with Crippen molar-refractivity contribution in [2.45, 2.75) is 30.4 Å². The average molecular weight is 382 g/mol. The molecule has 1 N–H and O–H groups in total. The third kappa shape index (κ3) is 3.83. The molecular formula is C21H22N2O3S. The van der Waals surface area contributed by atoms with Crippen LogP contribution in [0.3, 0.4) is 0 Å². The van der Waals surface area contributed by atoms with Crippen molar-refractivity contribution >= 4 is 10.0 Å². The van der Waals surface area contributed by atoms with Crippen LogP contribution in [-0.2, 0) is 23.1 Å². The van der Waals surface area contributed by atoms with Crippen molar-refractivity contribution in [3.63, 3.8) is 0 Å². The highest BCUT2D eigenvalue weighted by Crippen LogP contribution is 2.32. The lowest BCUT2D eigenvalue weighted by Gasteiger charge is -2.20. The van der Waals surface area contributed by atoms with Crippen LogP contribution >= 0.6 is 0 Å². The minimum atomic E-state index is -3.55. The van der Waals surface area contributed by atoms with E-state index in [1.807, 2.05) is 54.6 Å². The first-order chi connectivity index (χ1) is 13.1. The number of nitrogens with one attached hydrogen (secondary N) is 1. The van der Waals surface area contributed by atoms with E-state index in [9.17, 15) is 8.42 Å². The van der Waals surface area contributed by atoms with Crippen LogP contribution < -0.4 is 5.32 Å². The quantitative estimate of drug-likeness (QED) is 0.731. The molecule has 0 spiro atoms. The molecular weight excluding hydrogens is 360 g/mol. The summed E-state index contributed by atoms with van der Waals surface area (Å²) < 4.78 is 33.5. The molecule has 1 atom stereocenters. The summed E-state index contributed by atoms with van der Waals surface area (Å²) in [4.78, 5) is 0.385. The molecule has 5 nitrogen and oxygen atoms in total. The molecule has 2 aromatic carbocycles. The van der Waals surface area contributed by atoms with Crippen molar-refractivity contribution in [1.29, 1.82) is 0 Å². The Morgan fingerprint density at radius 1 is 1.00 bits per heavy atom. The van der Waals surface area contributed by atoms with Gasteiger partial charge in [0.05, 0.1) is 17.7 Å². The fraction of sp³-hybridized carbons (Fsp3) is 0.238. The Hall–Kier alpha value is -2.41. The number of benzene rings is 2. The van der Waals surface area contributed by atoms with E-state index in [1.54, 1.807) is 22.7 Å². The summed E-state index contributed by atoms with van der Waals surface area (Å²) in [7, 11) is -3.55. The zero-order chi connectivity index (χ0) is 18.7. The van der Waals surface area contributed by atoms with Gasteiger partial charge in [-0.05, 0) is 35.7 Å². The lowest BCUT2D eigenvalue weighted by molar-refractivity contribution is 0.370. The minimum absolute atomic E-state index is 0.0538. The van der Waals surface area contributed by atoms with Gasteiger partial charge in [-0.15, -0.1) is 0 Å². The smallest absolute Gasteiger partial charge is 0.243 e. The first kappa shape index (κ1) is 18.0. The van der Waals surface area contributed by atoms with Gasteiger partial charge in [0.1, 0.15) is 5.76 Å². The predicted octanol–water partition coefficient (Wildman–Crippen LogP) is 3.71. The van der Waals surface area contributed by atoms with Crippen molar-refractivity contribution in [3.8, 4) is 0 Å². The molecule has 0 amide bonds. The normalized spacial score (nSPS) is 19.3. The highest BCUT2D eigenvalue weighted by atomic mass is 32.2. The maximum atomic E-state index is 13.3. The van der Waals surface area contributed by atoms with Gasteiger partial charge in [0.15, 0.2) is 0 Å². The lowest BCUT2D eigenvalue weighted by Crippen LogP contribution is -2.30. The Labute approximate surface area is 159 Å². The van der Waals surface area contributed by atoms with Crippen molar-refractivity contribution in [2.24, 2.45) is 0 Å². The van der Waals surface area contributed by atoms with E-state index < -0.39 is 10.0 Å². The van der Waals surface area contributed by atoms with Crippen molar-refractivity contribution in [1.82, 2.24) is 9.62 Å². The summed E-state index contributed by atoms with van der Waals surface area (Å²) in [5, 5.41) is 3.46. The molecule has 0 unspecified atom stereocenters. The lowest BCUT2D eigenvalue weighted by atomic mass is 10.0. The zero-order valence-electron chi connectivity index (χ0n) is 14.9. The summed E-state index contributed by atoms with van der Waals surface area (Å²) in [5.74, 6) is 0.834. The van der Waals surface area contributed by atoms with E-state index in [0.29, 0.717) is 31.0 Å². The van der Waals surface area contributed by atoms with Crippen molar-refractivity contribution < 1.29 is 12.8 Å². The van der Waals surface area contributed by atoms with Crippen LogP contribution in [0.1, 0.15) is 29.3 Å². The number of hydrogen-bond acceptors (Lipinski definition) is 4. The number of rotatable bonds is 5. The molecule has 6 heteroatoms. The van der Waals surface area contributed by atoms with Gasteiger partial charge in [-0.2, -0.15) is 4.31 Å². The standard InChI is InChI=1S/C21H22N2O3S/c24-27(25)21-11-5-4-10-19(21)20(22-15-18-9-6-14-26-18)12-13-23(27)16-17-7-2-1-3-8-17/h1-11,14,20,22H,12-13,15-16H2/t20-/m0/s1. The molecule has 27 heavy (non-hydrogen) atoms.